The van der Waals surface area contributed by atoms with E-state index in [4.69, 9.17) is 14.2 Å². The van der Waals surface area contributed by atoms with E-state index in [-0.39, 0.29) is 16.8 Å². The van der Waals surface area contributed by atoms with E-state index >= 15 is 0 Å². The third-order valence-corrected chi connectivity index (χ3v) is 6.98. The highest BCUT2D eigenvalue weighted by atomic mass is 16.5. The fourth-order valence-electron chi connectivity index (χ4n) is 4.63. The maximum atomic E-state index is 11.7. The average Bonchev–Trinajstić information content (AvgIpc) is 3.36. The van der Waals surface area contributed by atoms with Gasteiger partial charge in [-0.15, -0.1) is 0 Å². The molecular formula is C29H34O4. The van der Waals surface area contributed by atoms with E-state index in [1.54, 1.807) is 13.2 Å². The first kappa shape index (κ1) is 23.2. The monoisotopic (exact) mass is 446 g/mol. The molecular weight excluding hydrogens is 412 g/mol. The van der Waals surface area contributed by atoms with Crippen LogP contribution in [0.5, 0.6) is 11.5 Å². The molecule has 33 heavy (non-hydrogen) atoms. The van der Waals surface area contributed by atoms with Gasteiger partial charge < -0.3 is 14.2 Å². The number of esters is 1. The van der Waals surface area contributed by atoms with Gasteiger partial charge in [-0.05, 0) is 66.5 Å². The van der Waals surface area contributed by atoms with Crippen LogP contribution in [-0.4, -0.2) is 26.3 Å². The second-order valence-corrected chi connectivity index (χ2v) is 10.0. The third-order valence-electron chi connectivity index (χ3n) is 6.98. The number of methoxy groups -OCH3 is 1. The van der Waals surface area contributed by atoms with Crippen molar-refractivity contribution < 1.29 is 19.0 Å². The van der Waals surface area contributed by atoms with Crippen LogP contribution in [0.1, 0.15) is 52.2 Å². The van der Waals surface area contributed by atoms with Gasteiger partial charge in [-0.25, -0.2) is 4.79 Å². The smallest absolute Gasteiger partial charge is 0.330 e. The Morgan fingerprint density at radius 1 is 1.18 bits per heavy atom. The van der Waals surface area contributed by atoms with E-state index in [0.29, 0.717) is 19.1 Å². The summed E-state index contributed by atoms with van der Waals surface area (Å²) in [6.07, 6.45) is 6.90. The molecule has 1 saturated carbocycles. The minimum absolute atomic E-state index is 0.0257. The van der Waals surface area contributed by atoms with Gasteiger partial charge in [-0.1, -0.05) is 51.1 Å². The molecule has 4 heteroatoms. The van der Waals surface area contributed by atoms with E-state index in [1.807, 2.05) is 32.1 Å². The van der Waals surface area contributed by atoms with Gasteiger partial charge >= 0.3 is 5.97 Å². The second kappa shape index (κ2) is 8.74. The minimum atomic E-state index is -0.289. The molecule has 0 amide bonds. The molecule has 174 valence electrons. The highest BCUT2D eigenvalue weighted by Crippen LogP contribution is 2.57. The summed E-state index contributed by atoms with van der Waals surface area (Å²) in [6.45, 7) is 11.6. The van der Waals surface area contributed by atoms with Gasteiger partial charge in [-0.2, -0.15) is 0 Å². The summed E-state index contributed by atoms with van der Waals surface area (Å²) in [5, 5.41) is 0. The average molecular weight is 447 g/mol. The number of hydrogen-bond donors (Lipinski definition) is 0. The lowest BCUT2D eigenvalue weighted by Crippen LogP contribution is -2.18. The molecule has 2 aromatic carbocycles. The van der Waals surface area contributed by atoms with Crippen molar-refractivity contribution in [3.63, 3.8) is 0 Å². The van der Waals surface area contributed by atoms with Crippen LogP contribution in [-0.2, 0) is 20.4 Å². The minimum Gasteiger partial charge on any atom is -0.497 e. The van der Waals surface area contributed by atoms with Gasteiger partial charge in [0.25, 0.3) is 0 Å². The highest BCUT2D eigenvalue weighted by Gasteiger charge is 2.50. The van der Waals surface area contributed by atoms with Crippen LogP contribution in [0.3, 0.4) is 0 Å². The zero-order chi connectivity index (χ0) is 23.8. The fraction of sp³-hybridized carbons (Fsp3) is 0.414. The highest BCUT2D eigenvalue weighted by molar-refractivity contribution is 5.83. The first-order chi connectivity index (χ1) is 15.7. The Labute approximate surface area is 197 Å². The quantitative estimate of drug-likeness (QED) is 0.281. The number of carbonyl (C=O) groups excluding carboxylic acids is 1. The number of fused-ring (bicyclic) bond motifs is 1. The molecule has 0 N–H and O–H groups in total. The number of allylic oxidation sites excluding steroid dienone is 3. The molecule has 4 rings (SSSR count). The van der Waals surface area contributed by atoms with E-state index in [1.165, 1.54) is 11.1 Å². The summed E-state index contributed by atoms with van der Waals surface area (Å²) in [5.74, 6) is 1.98. The zero-order valence-electron chi connectivity index (χ0n) is 20.5. The largest absolute Gasteiger partial charge is 0.497 e. The standard InChI is InChI=1S/C29H34O4/c1-7-32-26(30)14-19(2)8-11-21-17-29(21,5)22-15-24(20-9-12-23(31-6)13-10-20)27-25(16-22)28(3,4)18-33-27/h8-16,21H,7,17-18H2,1-6H3/b11-8+,19-14+/t21-,29+/m1/s1. The van der Waals surface area contributed by atoms with Crippen LogP contribution >= 0.6 is 0 Å². The van der Waals surface area contributed by atoms with Crippen LogP contribution in [0.15, 0.2) is 60.2 Å². The van der Waals surface area contributed by atoms with Gasteiger partial charge in [0.1, 0.15) is 11.5 Å². The Bertz CT molecular complexity index is 1110. The number of carbonyl (C=O) groups is 1. The Morgan fingerprint density at radius 2 is 1.91 bits per heavy atom. The van der Waals surface area contributed by atoms with Gasteiger partial charge in [0.05, 0.1) is 20.3 Å². The van der Waals surface area contributed by atoms with Crippen molar-refractivity contribution in [2.45, 2.75) is 51.9 Å². The van der Waals surface area contributed by atoms with Crippen molar-refractivity contribution >= 4 is 5.97 Å². The molecule has 0 saturated heterocycles. The lowest BCUT2D eigenvalue weighted by Gasteiger charge is -2.20. The second-order valence-electron chi connectivity index (χ2n) is 10.0. The Kier molecular flexibility index (Phi) is 6.13. The summed E-state index contributed by atoms with van der Waals surface area (Å²) in [4.78, 5) is 11.7. The predicted molar refractivity (Wildman–Crippen MR) is 132 cm³/mol. The lowest BCUT2D eigenvalue weighted by atomic mass is 9.81. The number of ether oxygens (including phenoxy) is 3. The van der Waals surface area contributed by atoms with E-state index in [2.05, 4.69) is 51.1 Å². The molecule has 0 bridgehead atoms. The summed E-state index contributed by atoms with van der Waals surface area (Å²) in [7, 11) is 1.68. The summed E-state index contributed by atoms with van der Waals surface area (Å²) < 4.78 is 16.6. The van der Waals surface area contributed by atoms with Crippen LogP contribution in [0, 0.1) is 5.92 Å². The molecule has 1 fully saturated rings. The Hall–Kier alpha value is -3.01. The van der Waals surface area contributed by atoms with Crippen molar-refractivity contribution in [2.24, 2.45) is 5.92 Å². The molecule has 0 unspecified atom stereocenters. The Balaban J connectivity index is 1.66. The summed E-state index contributed by atoms with van der Waals surface area (Å²) in [6, 6.07) is 12.9. The topological polar surface area (TPSA) is 44.8 Å². The van der Waals surface area contributed by atoms with Crippen molar-refractivity contribution in [3.05, 3.63) is 71.3 Å². The van der Waals surface area contributed by atoms with Gasteiger partial charge in [0, 0.05) is 22.6 Å². The number of rotatable bonds is 7. The molecule has 2 aromatic rings. The molecule has 4 nitrogen and oxygen atoms in total. The molecule has 1 heterocycles. The first-order valence-corrected chi connectivity index (χ1v) is 11.7. The predicted octanol–water partition coefficient (Wildman–Crippen LogP) is 6.38. The van der Waals surface area contributed by atoms with E-state index < -0.39 is 0 Å². The van der Waals surface area contributed by atoms with Gasteiger partial charge in [-0.3, -0.25) is 0 Å². The van der Waals surface area contributed by atoms with E-state index in [0.717, 1.165) is 34.6 Å². The Morgan fingerprint density at radius 3 is 2.58 bits per heavy atom. The van der Waals surface area contributed by atoms with Crippen LogP contribution in [0.4, 0.5) is 0 Å². The van der Waals surface area contributed by atoms with Crippen LogP contribution in [0.25, 0.3) is 11.1 Å². The number of benzene rings is 2. The normalized spacial score (nSPS) is 23.2. The van der Waals surface area contributed by atoms with Gasteiger partial charge in [0.2, 0.25) is 0 Å². The number of hydrogen-bond acceptors (Lipinski definition) is 4. The van der Waals surface area contributed by atoms with Crippen molar-refractivity contribution in [1.82, 2.24) is 0 Å². The molecule has 0 aromatic heterocycles. The summed E-state index contributed by atoms with van der Waals surface area (Å²) >= 11 is 0. The van der Waals surface area contributed by atoms with Gasteiger partial charge in [0.15, 0.2) is 0 Å². The van der Waals surface area contributed by atoms with Crippen molar-refractivity contribution in [1.29, 1.82) is 0 Å². The third kappa shape index (κ3) is 4.57. The molecule has 1 aliphatic heterocycles. The van der Waals surface area contributed by atoms with Crippen LogP contribution in [0.2, 0.25) is 0 Å². The molecule has 0 spiro atoms. The molecule has 0 radical (unpaired) electrons. The van der Waals surface area contributed by atoms with E-state index in [9.17, 15) is 4.79 Å². The zero-order valence-corrected chi connectivity index (χ0v) is 20.5. The first-order valence-electron chi connectivity index (χ1n) is 11.7. The lowest BCUT2D eigenvalue weighted by molar-refractivity contribution is -0.137. The molecule has 2 atom stereocenters. The van der Waals surface area contributed by atoms with Crippen molar-refractivity contribution in [3.8, 4) is 22.6 Å². The van der Waals surface area contributed by atoms with Crippen molar-refractivity contribution in [2.75, 3.05) is 20.3 Å². The molecule has 1 aliphatic carbocycles. The fourth-order valence-corrected chi connectivity index (χ4v) is 4.63. The molecule has 2 aliphatic rings. The summed E-state index contributed by atoms with van der Waals surface area (Å²) in [5.41, 5.74) is 5.84. The maximum Gasteiger partial charge on any atom is 0.330 e. The maximum absolute atomic E-state index is 11.7. The van der Waals surface area contributed by atoms with Crippen LogP contribution < -0.4 is 9.47 Å². The SMILES string of the molecule is CCOC(=O)/C=C(C)/C=C/[C@@H]1C[C@]1(C)c1cc(-c2ccc(OC)cc2)c2c(c1)C(C)(C)CO2.